The normalized spacial score (nSPS) is 19.1. The van der Waals surface area contributed by atoms with Gasteiger partial charge in [-0.3, -0.25) is 4.79 Å². The number of aromatic nitrogens is 1. The molecule has 2 aromatic carbocycles. The van der Waals surface area contributed by atoms with Gasteiger partial charge in [0, 0.05) is 22.4 Å². The number of ether oxygens (including phenoxy) is 1. The standard InChI is InChI=1S/C17H12Cl2N2O3S/c1-24-8-2-3-9-12(21-25-13(9)6-8)7-17(23)14-10(18)4-5-11(19)15(14)20-16(17)22/h2-6,23H,7H2,1H3,(H,20,22). The number of carbonyl (C=O) groups excluding carboxylic acids is 1. The summed E-state index contributed by atoms with van der Waals surface area (Å²) >= 11 is 13.7. The van der Waals surface area contributed by atoms with E-state index in [0.29, 0.717) is 22.0 Å². The lowest BCUT2D eigenvalue weighted by molar-refractivity contribution is -0.133. The fourth-order valence-corrected chi connectivity index (χ4v) is 4.39. The maximum Gasteiger partial charge on any atom is 0.261 e. The van der Waals surface area contributed by atoms with Crippen LogP contribution in [0.2, 0.25) is 10.0 Å². The second-order valence-corrected chi connectivity index (χ2v) is 7.38. The zero-order chi connectivity index (χ0) is 17.8. The van der Waals surface area contributed by atoms with Crippen LogP contribution in [0.4, 0.5) is 5.69 Å². The number of fused-ring (bicyclic) bond motifs is 2. The van der Waals surface area contributed by atoms with Crippen LogP contribution >= 0.6 is 34.7 Å². The molecule has 2 heterocycles. The maximum absolute atomic E-state index is 12.5. The number of benzene rings is 2. The van der Waals surface area contributed by atoms with Crippen molar-refractivity contribution in [3.8, 4) is 5.75 Å². The molecule has 1 aromatic heterocycles. The quantitative estimate of drug-likeness (QED) is 0.704. The van der Waals surface area contributed by atoms with Crippen molar-refractivity contribution in [2.24, 2.45) is 0 Å². The monoisotopic (exact) mass is 394 g/mol. The molecule has 25 heavy (non-hydrogen) atoms. The van der Waals surface area contributed by atoms with Gasteiger partial charge in [-0.05, 0) is 41.9 Å². The average molecular weight is 395 g/mol. The van der Waals surface area contributed by atoms with Gasteiger partial charge < -0.3 is 15.2 Å². The Morgan fingerprint density at radius 2 is 2.04 bits per heavy atom. The van der Waals surface area contributed by atoms with Crippen molar-refractivity contribution < 1.29 is 14.6 Å². The molecule has 0 aliphatic carbocycles. The molecule has 1 unspecified atom stereocenters. The van der Waals surface area contributed by atoms with Gasteiger partial charge in [-0.15, -0.1) is 0 Å². The first kappa shape index (κ1) is 16.6. The first-order valence-electron chi connectivity index (χ1n) is 7.38. The largest absolute Gasteiger partial charge is 0.497 e. The Hall–Kier alpha value is -1.86. The van der Waals surface area contributed by atoms with E-state index in [1.165, 1.54) is 11.5 Å². The highest BCUT2D eigenvalue weighted by Gasteiger charge is 2.48. The molecular formula is C17H12Cl2N2O3S. The summed E-state index contributed by atoms with van der Waals surface area (Å²) in [7, 11) is 1.59. The van der Waals surface area contributed by atoms with Gasteiger partial charge in [0.05, 0.1) is 28.2 Å². The summed E-state index contributed by atoms with van der Waals surface area (Å²) in [6.45, 7) is 0. The lowest BCUT2D eigenvalue weighted by Gasteiger charge is -2.21. The van der Waals surface area contributed by atoms with E-state index in [4.69, 9.17) is 27.9 Å². The highest BCUT2D eigenvalue weighted by molar-refractivity contribution is 7.13. The number of nitrogens with one attached hydrogen (secondary N) is 1. The molecule has 5 nitrogen and oxygen atoms in total. The Balaban J connectivity index is 1.82. The lowest BCUT2D eigenvalue weighted by Crippen LogP contribution is -2.36. The van der Waals surface area contributed by atoms with E-state index in [-0.39, 0.29) is 11.4 Å². The van der Waals surface area contributed by atoms with Crippen LogP contribution in [-0.4, -0.2) is 22.5 Å². The number of methoxy groups -OCH3 is 1. The second-order valence-electron chi connectivity index (χ2n) is 5.76. The molecule has 0 saturated carbocycles. The highest BCUT2D eigenvalue weighted by Crippen LogP contribution is 2.46. The first-order valence-corrected chi connectivity index (χ1v) is 8.91. The zero-order valence-corrected chi connectivity index (χ0v) is 15.3. The van der Waals surface area contributed by atoms with E-state index in [1.807, 2.05) is 18.2 Å². The van der Waals surface area contributed by atoms with Gasteiger partial charge >= 0.3 is 0 Å². The van der Waals surface area contributed by atoms with Gasteiger partial charge in [0.25, 0.3) is 5.91 Å². The number of hydrogen-bond donors (Lipinski definition) is 2. The summed E-state index contributed by atoms with van der Waals surface area (Å²) in [6, 6.07) is 8.70. The van der Waals surface area contributed by atoms with Crippen LogP contribution in [0.3, 0.4) is 0 Å². The predicted molar refractivity (Wildman–Crippen MR) is 98.9 cm³/mol. The number of aliphatic hydroxyl groups is 1. The van der Waals surface area contributed by atoms with Crippen molar-refractivity contribution >= 4 is 56.4 Å². The number of carbonyl (C=O) groups is 1. The first-order chi connectivity index (χ1) is 11.9. The van der Waals surface area contributed by atoms with Crippen molar-refractivity contribution in [1.82, 2.24) is 4.37 Å². The fourth-order valence-electron chi connectivity index (χ4n) is 3.04. The van der Waals surface area contributed by atoms with Crippen LogP contribution in [0.5, 0.6) is 5.75 Å². The number of anilines is 1. The number of amides is 1. The van der Waals surface area contributed by atoms with E-state index in [9.17, 15) is 9.90 Å². The van der Waals surface area contributed by atoms with Gasteiger partial charge in [-0.25, -0.2) is 0 Å². The summed E-state index contributed by atoms with van der Waals surface area (Å²) in [5, 5.41) is 15.2. The maximum atomic E-state index is 12.5. The van der Waals surface area contributed by atoms with E-state index in [0.717, 1.165) is 15.8 Å². The third-order valence-electron chi connectivity index (χ3n) is 4.31. The molecule has 128 valence electrons. The molecule has 0 fully saturated rings. The lowest BCUT2D eigenvalue weighted by atomic mass is 9.89. The molecule has 1 aliphatic rings. The molecule has 1 aliphatic heterocycles. The van der Waals surface area contributed by atoms with Gasteiger partial charge in [-0.1, -0.05) is 23.2 Å². The smallest absolute Gasteiger partial charge is 0.261 e. The SMILES string of the molecule is COc1ccc2c(CC3(O)C(=O)Nc4c(Cl)ccc(Cl)c43)nsc2c1. The van der Waals surface area contributed by atoms with Gasteiger partial charge in [0.2, 0.25) is 0 Å². The van der Waals surface area contributed by atoms with Gasteiger partial charge in [0.15, 0.2) is 5.60 Å². The molecule has 1 atom stereocenters. The van der Waals surface area contributed by atoms with Crippen LogP contribution in [-0.2, 0) is 16.8 Å². The van der Waals surface area contributed by atoms with Crippen LogP contribution in [0.25, 0.3) is 10.1 Å². The molecule has 3 aromatic rings. The van der Waals surface area contributed by atoms with Crippen molar-refractivity contribution in [3.05, 3.63) is 51.6 Å². The highest BCUT2D eigenvalue weighted by atomic mass is 35.5. The van der Waals surface area contributed by atoms with Crippen molar-refractivity contribution in [1.29, 1.82) is 0 Å². The minimum Gasteiger partial charge on any atom is -0.497 e. The molecule has 0 spiro atoms. The van der Waals surface area contributed by atoms with Crippen LogP contribution < -0.4 is 10.1 Å². The van der Waals surface area contributed by atoms with Gasteiger partial charge in [0.1, 0.15) is 5.75 Å². The Kier molecular flexibility index (Phi) is 3.88. The Morgan fingerprint density at radius 3 is 2.80 bits per heavy atom. The van der Waals surface area contributed by atoms with Crippen molar-refractivity contribution in [3.63, 3.8) is 0 Å². The van der Waals surface area contributed by atoms with E-state index >= 15 is 0 Å². The minimum atomic E-state index is -1.82. The molecule has 0 bridgehead atoms. The summed E-state index contributed by atoms with van der Waals surface area (Å²) in [5.41, 5.74) is -0.563. The number of halogens is 2. The minimum absolute atomic E-state index is 0.00176. The molecule has 8 heteroatoms. The third kappa shape index (κ3) is 2.48. The topological polar surface area (TPSA) is 71.5 Å². The Bertz CT molecular complexity index is 1020. The molecule has 0 radical (unpaired) electrons. The molecule has 1 amide bonds. The van der Waals surface area contributed by atoms with Crippen molar-refractivity contribution in [2.75, 3.05) is 12.4 Å². The Labute approximate surface area is 157 Å². The molecule has 2 N–H and O–H groups in total. The Morgan fingerprint density at radius 1 is 1.28 bits per heavy atom. The summed E-state index contributed by atoms with van der Waals surface area (Å²) in [6.07, 6.45) is -0.00176. The average Bonchev–Trinajstić information content (AvgIpc) is 3.11. The third-order valence-corrected chi connectivity index (χ3v) is 5.78. The van der Waals surface area contributed by atoms with E-state index in [1.54, 1.807) is 19.2 Å². The second kappa shape index (κ2) is 5.85. The number of rotatable bonds is 3. The van der Waals surface area contributed by atoms with E-state index < -0.39 is 11.5 Å². The van der Waals surface area contributed by atoms with E-state index in [2.05, 4.69) is 9.69 Å². The van der Waals surface area contributed by atoms with Crippen LogP contribution in [0, 0.1) is 0 Å². The predicted octanol–water partition coefficient (Wildman–Crippen LogP) is 3.99. The number of hydrogen-bond acceptors (Lipinski definition) is 5. The molecular weight excluding hydrogens is 383 g/mol. The summed E-state index contributed by atoms with van der Waals surface area (Å²) in [5.74, 6) is 0.160. The number of nitrogens with zero attached hydrogens (tertiary/aromatic N) is 1. The zero-order valence-electron chi connectivity index (χ0n) is 13.0. The van der Waals surface area contributed by atoms with Crippen molar-refractivity contribution in [2.45, 2.75) is 12.0 Å². The molecule has 0 saturated heterocycles. The summed E-state index contributed by atoms with van der Waals surface area (Å²) in [4.78, 5) is 12.5. The van der Waals surface area contributed by atoms with Crippen LogP contribution in [0.1, 0.15) is 11.3 Å². The molecule has 4 rings (SSSR count). The fraction of sp³-hybridized carbons (Fsp3) is 0.176. The van der Waals surface area contributed by atoms with Gasteiger partial charge in [-0.2, -0.15) is 4.37 Å². The summed E-state index contributed by atoms with van der Waals surface area (Å²) < 4.78 is 10.5. The van der Waals surface area contributed by atoms with Crippen LogP contribution in [0.15, 0.2) is 30.3 Å².